The molecule has 4 atom stereocenters. The summed E-state index contributed by atoms with van der Waals surface area (Å²) in [7, 11) is -0.798. The van der Waals surface area contributed by atoms with Crippen molar-refractivity contribution in [1.29, 1.82) is 0 Å². The predicted molar refractivity (Wildman–Crippen MR) is 71.3 cm³/mol. The molecule has 100 valence electrons. The quantitative estimate of drug-likeness (QED) is 0.763. The fourth-order valence-corrected chi connectivity index (χ4v) is 2.38. The van der Waals surface area contributed by atoms with Gasteiger partial charge in [0, 0.05) is 41.4 Å². The lowest BCUT2D eigenvalue weighted by Crippen LogP contribution is -2.44. The molecule has 1 aliphatic rings. The van der Waals surface area contributed by atoms with Crippen molar-refractivity contribution in [1.82, 2.24) is 10.6 Å². The third kappa shape index (κ3) is 5.17. The Bertz CT molecular complexity index is 276. The van der Waals surface area contributed by atoms with Crippen LogP contribution in [0.3, 0.4) is 0 Å². The molecule has 1 saturated heterocycles. The third-order valence-electron chi connectivity index (χ3n) is 3.45. The first kappa shape index (κ1) is 14.6. The van der Waals surface area contributed by atoms with E-state index in [1.807, 2.05) is 6.92 Å². The molecular weight excluding hydrogens is 236 g/mol. The second-order valence-electron chi connectivity index (χ2n) is 4.97. The van der Waals surface area contributed by atoms with Gasteiger partial charge < -0.3 is 10.6 Å². The van der Waals surface area contributed by atoms with E-state index < -0.39 is 10.8 Å². The molecule has 0 aromatic heterocycles. The molecule has 0 saturated carbocycles. The molecule has 1 heterocycles. The van der Waals surface area contributed by atoms with Crippen molar-refractivity contribution < 1.29 is 9.00 Å². The van der Waals surface area contributed by atoms with Gasteiger partial charge >= 0.3 is 0 Å². The van der Waals surface area contributed by atoms with E-state index in [1.165, 1.54) is 0 Å². The second-order valence-corrected chi connectivity index (χ2v) is 6.77. The average Bonchev–Trinajstić information content (AvgIpc) is 2.29. The van der Waals surface area contributed by atoms with Crippen LogP contribution in [0.1, 0.15) is 33.1 Å². The molecule has 2 N–H and O–H groups in total. The Morgan fingerprint density at radius 1 is 1.53 bits per heavy atom. The van der Waals surface area contributed by atoms with Crippen LogP contribution in [-0.4, -0.2) is 40.8 Å². The van der Waals surface area contributed by atoms with Crippen LogP contribution in [0.15, 0.2) is 0 Å². The fourth-order valence-electron chi connectivity index (χ4n) is 1.93. The zero-order valence-electron chi connectivity index (χ0n) is 11.0. The molecule has 17 heavy (non-hydrogen) atoms. The molecule has 0 spiro atoms. The Hall–Kier alpha value is -0.420. The maximum atomic E-state index is 11.8. The Balaban J connectivity index is 2.19. The molecule has 1 aliphatic heterocycles. The van der Waals surface area contributed by atoms with Gasteiger partial charge in [-0.1, -0.05) is 6.92 Å². The standard InChI is InChI=1S/C12H24N2O2S/c1-9-4-5-11(8-14-9)12(15)13-7-6-10(2)17(3)16/h9-11,14H,4-8H2,1-3H3,(H,13,15). The monoisotopic (exact) mass is 260 g/mol. The van der Waals surface area contributed by atoms with E-state index in [1.54, 1.807) is 6.26 Å². The molecule has 4 nitrogen and oxygen atoms in total. The molecule has 1 amide bonds. The topological polar surface area (TPSA) is 58.2 Å². The number of carbonyl (C=O) groups excluding carboxylic acids is 1. The smallest absolute Gasteiger partial charge is 0.224 e. The van der Waals surface area contributed by atoms with E-state index in [2.05, 4.69) is 17.6 Å². The van der Waals surface area contributed by atoms with Crippen LogP contribution in [0.2, 0.25) is 0 Å². The lowest BCUT2D eigenvalue weighted by molar-refractivity contribution is -0.125. The highest BCUT2D eigenvalue weighted by Crippen LogP contribution is 2.14. The van der Waals surface area contributed by atoms with Gasteiger partial charge in [0.2, 0.25) is 5.91 Å². The van der Waals surface area contributed by atoms with Crippen molar-refractivity contribution in [3.63, 3.8) is 0 Å². The molecule has 0 aromatic rings. The first-order valence-corrected chi connectivity index (χ1v) is 7.96. The summed E-state index contributed by atoms with van der Waals surface area (Å²) in [5.41, 5.74) is 0. The number of carbonyl (C=O) groups is 1. The first-order chi connectivity index (χ1) is 8.00. The Labute approximate surface area is 106 Å². The number of hydrogen-bond acceptors (Lipinski definition) is 3. The highest BCUT2D eigenvalue weighted by Gasteiger charge is 2.23. The maximum absolute atomic E-state index is 11.8. The first-order valence-electron chi connectivity index (χ1n) is 6.34. The van der Waals surface area contributed by atoms with Crippen molar-refractivity contribution in [3.05, 3.63) is 0 Å². The van der Waals surface area contributed by atoms with E-state index in [4.69, 9.17) is 0 Å². The summed E-state index contributed by atoms with van der Waals surface area (Å²) in [5.74, 6) is 0.243. The molecule has 0 aromatic carbocycles. The summed E-state index contributed by atoms with van der Waals surface area (Å²) in [6.07, 6.45) is 4.52. The van der Waals surface area contributed by atoms with Gasteiger partial charge in [-0.2, -0.15) is 0 Å². The van der Waals surface area contributed by atoms with E-state index in [-0.39, 0.29) is 17.1 Å². The van der Waals surface area contributed by atoms with Gasteiger partial charge in [-0.15, -0.1) is 0 Å². The molecular formula is C12H24N2O2S. The minimum atomic E-state index is -0.798. The molecule has 1 fully saturated rings. The maximum Gasteiger partial charge on any atom is 0.224 e. The summed E-state index contributed by atoms with van der Waals surface area (Å²) in [4.78, 5) is 11.8. The largest absolute Gasteiger partial charge is 0.356 e. The van der Waals surface area contributed by atoms with Crippen LogP contribution in [0.25, 0.3) is 0 Å². The van der Waals surface area contributed by atoms with Crippen molar-refractivity contribution in [3.8, 4) is 0 Å². The van der Waals surface area contributed by atoms with E-state index in [0.717, 1.165) is 25.8 Å². The normalized spacial score (nSPS) is 28.4. The highest BCUT2D eigenvalue weighted by molar-refractivity contribution is 7.84. The Morgan fingerprint density at radius 2 is 2.24 bits per heavy atom. The summed E-state index contributed by atoms with van der Waals surface area (Å²) >= 11 is 0. The molecule has 0 radical (unpaired) electrons. The van der Waals surface area contributed by atoms with Gasteiger partial charge in [0.1, 0.15) is 0 Å². The van der Waals surface area contributed by atoms with Gasteiger partial charge in [-0.25, -0.2) is 0 Å². The number of hydrogen-bond donors (Lipinski definition) is 2. The van der Waals surface area contributed by atoms with Crippen LogP contribution in [0.4, 0.5) is 0 Å². The van der Waals surface area contributed by atoms with Gasteiger partial charge in [-0.3, -0.25) is 9.00 Å². The number of piperidine rings is 1. The van der Waals surface area contributed by atoms with E-state index >= 15 is 0 Å². The fraction of sp³-hybridized carbons (Fsp3) is 0.917. The lowest BCUT2D eigenvalue weighted by atomic mass is 9.95. The lowest BCUT2D eigenvalue weighted by Gasteiger charge is -2.26. The number of amides is 1. The van der Waals surface area contributed by atoms with Crippen LogP contribution in [0.5, 0.6) is 0 Å². The van der Waals surface area contributed by atoms with Gasteiger partial charge in [-0.05, 0) is 26.2 Å². The minimum Gasteiger partial charge on any atom is -0.356 e. The van der Waals surface area contributed by atoms with Crippen molar-refractivity contribution in [2.75, 3.05) is 19.3 Å². The molecule has 0 aliphatic carbocycles. The highest BCUT2D eigenvalue weighted by atomic mass is 32.2. The Kier molecular flexibility index (Phi) is 6.12. The van der Waals surface area contributed by atoms with Crippen LogP contribution in [-0.2, 0) is 15.6 Å². The van der Waals surface area contributed by atoms with Gasteiger partial charge in [0.05, 0.1) is 5.92 Å². The summed E-state index contributed by atoms with van der Waals surface area (Å²) in [6, 6.07) is 0.529. The molecule has 0 bridgehead atoms. The number of nitrogens with one attached hydrogen (secondary N) is 2. The number of rotatable bonds is 5. The zero-order chi connectivity index (χ0) is 12.8. The summed E-state index contributed by atoms with van der Waals surface area (Å²) in [6.45, 7) is 5.51. The second kappa shape index (κ2) is 7.11. The van der Waals surface area contributed by atoms with E-state index in [0.29, 0.717) is 12.6 Å². The van der Waals surface area contributed by atoms with Gasteiger partial charge in [0.25, 0.3) is 0 Å². The predicted octanol–water partition coefficient (Wildman–Crippen LogP) is 0.648. The average molecular weight is 260 g/mol. The van der Waals surface area contributed by atoms with Crippen LogP contribution < -0.4 is 10.6 Å². The van der Waals surface area contributed by atoms with Crippen LogP contribution in [0, 0.1) is 5.92 Å². The van der Waals surface area contributed by atoms with Crippen LogP contribution >= 0.6 is 0 Å². The third-order valence-corrected chi connectivity index (χ3v) is 4.82. The van der Waals surface area contributed by atoms with Crippen molar-refractivity contribution in [2.24, 2.45) is 5.92 Å². The minimum absolute atomic E-state index is 0.105. The van der Waals surface area contributed by atoms with Gasteiger partial charge in [0.15, 0.2) is 0 Å². The molecule has 5 heteroatoms. The van der Waals surface area contributed by atoms with Crippen molar-refractivity contribution in [2.45, 2.75) is 44.4 Å². The summed E-state index contributed by atoms with van der Waals surface area (Å²) in [5, 5.41) is 6.41. The van der Waals surface area contributed by atoms with Crippen molar-refractivity contribution >= 4 is 16.7 Å². The molecule has 4 unspecified atom stereocenters. The summed E-state index contributed by atoms with van der Waals surface area (Å²) < 4.78 is 11.1. The SMILES string of the molecule is CC1CCC(C(=O)NCCC(C)S(C)=O)CN1. The Morgan fingerprint density at radius 3 is 2.76 bits per heavy atom. The van der Waals surface area contributed by atoms with E-state index in [9.17, 15) is 9.00 Å². The molecule has 1 rings (SSSR count). The zero-order valence-corrected chi connectivity index (χ0v) is 11.8.